The summed E-state index contributed by atoms with van der Waals surface area (Å²) in [4.78, 5) is 15.5. The molecule has 0 radical (unpaired) electrons. The Balaban J connectivity index is 1.65. The van der Waals surface area contributed by atoms with E-state index in [-0.39, 0.29) is 11.9 Å². The molecule has 2 fully saturated rings. The maximum atomic E-state index is 13.3. The van der Waals surface area contributed by atoms with E-state index >= 15 is 0 Å². The predicted molar refractivity (Wildman–Crippen MR) is 109 cm³/mol. The standard InChI is InChI=1S/C22H29N3O3/c1-27-18-12-10-16(11-13-18)20-19(21(24-28-20)25-14-6-7-15-25)22(26)23-17-8-4-2-3-5-9-17/h10-13,17H,2-9,14-15H2,1H3,(H,23,26). The molecule has 6 heteroatoms. The maximum Gasteiger partial charge on any atom is 0.259 e. The molecule has 1 saturated carbocycles. The van der Waals surface area contributed by atoms with Gasteiger partial charge < -0.3 is 19.5 Å². The quantitative estimate of drug-likeness (QED) is 0.775. The van der Waals surface area contributed by atoms with Crippen molar-refractivity contribution in [2.45, 2.75) is 57.4 Å². The van der Waals surface area contributed by atoms with Crippen LogP contribution in [0.4, 0.5) is 5.82 Å². The smallest absolute Gasteiger partial charge is 0.259 e. The van der Waals surface area contributed by atoms with Crippen molar-refractivity contribution >= 4 is 11.7 Å². The summed E-state index contributed by atoms with van der Waals surface area (Å²) in [6, 6.07) is 7.81. The summed E-state index contributed by atoms with van der Waals surface area (Å²) in [7, 11) is 1.64. The van der Waals surface area contributed by atoms with Gasteiger partial charge in [-0.05, 0) is 49.9 Å². The fourth-order valence-electron chi connectivity index (χ4n) is 4.25. The van der Waals surface area contributed by atoms with Crippen molar-refractivity contribution in [2.24, 2.45) is 0 Å². The van der Waals surface area contributed by atoms with Gasteiger partial charge in [-0.1, -0.05) is 30.8 Å². The second kappa shape index (κ2) is 8.67. The zero-order valence-electron chi connectivity index (χ0n) is 16.6. The monoisotopic (exact) mass is 383 g/mol. The van der Waals surface area contributed by atoms with E-state index in [1.165, 1.54) is 25.7 Å². The first-order valence-corrected chi connectivity index (χ1v) is 10.5. The minimum absolute atomic E-state index is 0.0686. The van der Waals surface area contributed by atoms with Crippen LogP contribution in [0.2, 0.25) is 0 Å². The topological polar surface area (TPSA) is 67.6 Å². The van der Waals surface area contributed by atoms with Crippen molar-refractivity contribution in [3.63, 3.8) is 0 Å². The first-order valence-electron chi connectivity index (χ1n) is 10.5. The molecule has 1 aromatic carbocycles. The van der Waals surface area contributed by atoms with Gasteiger partial charge in [0.15, 0.2) is 11.6 Å². The number of ether oxygens (including phenoxy) is 1. The molecule has 1 aromatic heterocycles. The van der Waals surface area contributed by atoms with Gasteiger partial charge in [-0.25, -0.2) is 0 Å². The molecule has 0 atom stereocenters. The Morgan fingerprint density at radius 1 is 1.07 bits per heavy atom. The second-order valence-electron chi connectivity index (χ2n) is 7.79. The van der Waals surface area contributed by atoms with Gasteiger partial charge in [-0.15, -0.1) is 0 Å². The van der Waals surface area contributed by atoms with Crippen LogP contribution >= 0.6 is 0 Å². The fraction of sp³-hybridized carbons (Fsp3) is 0.545. The van der Waals surface area contributed by atoms with Crippen LogP contribution in [0.15, 0.2) is 28.8 Å². The number of carbonyl (C=O) groups excluding carboxylic acids is 1. The molecule has 1 amide bonds. The van der Waals surface area contributed by atoms with Crippen LogP contribution in [-0.2, 0) is 0 Å². The Labute approximate surface area is 166 Å². The van der Waals surface area contributed by atoms with Gasteiger partial charge in [0.2, 0.25) is 0 Å². The molecule has 4 rings (SSSR count). The zero-order valence-corrected chi connectivity index (χ0v) is 16.6. The SMILES string of the molecule is COc1ccc(-c2onc(N3CCCC3)c2C(=O)NC2CCCCCC2)cc1. The highest BCUT2D eigenvalue weighted by atomic mass is 16.5. The minimum atomic E-state index is -0.0686. The van der Waals surface area contributed by atoms with Crippen LogP contribution in [0, 0.1) is 0 Å². The van der Waals surface area contributed by atoms with Crippen LogP contribution in [0.25, 0.3) is 11.3 Å². The molecule has 0 spiro atoms. The van der Waals surface area contributed by atoms with Gasteiger partial charge >= 0.3 is 0 Å². The molecule has 1 aliphatic heterocycles. The number of aromatic nitrogens is 1. The van der Waals surface area contributed by atoms with Crippen molar-refractivity contribution in [3.05, 3.63) is 29.8 Å². The Bertz CT molecular complexity index is 786. The lowest BCUT2D eigenvalue weighted by molar-refractivity contribution is 0.0934. The summed E-state index contributed by atoms with van der Waals surface area (Å²) in [5.41, 5.74) is 1.40. The Kier molecular flexibility index (Phi) is 5.84. The van der Waals surface area contributed by atoms with Crippen LogP contribution in [0.1, 0.15) is 61.7 Å². The fourth-order valence-corrected chi connectivity index (χ4v) is 4.25. The summed E-state index contributed by atoms with van der Waals surface area (Å²) in [5, 5.41) is 7.58. The number of benzene rings is 1. The Hall–Kier alpha value is -2.50. The molecule has 2 heterocycles. The summed E-state index contributed by atoms with van der Waals surface area (Å²) in [6.07, 6.45) is 9.22. The second-order valence-corrected chi connectivity index (χ2v) is 7.79. The average molecular weight is 383 g/mol. The van der Waals surface area contributed by atoms with Gasteiger partial charge in [-0.2, -0.15) is 0 Å². The number of nitrogens with one attached hydrogen (secondary N) is 1. The average Bonchev–Trinajstić information content (AvgIpc) is 3.34. The maximum absolute atomic E-state index is 13.3. The lowest BCUT2D eigenvalue weighted by Crippen LogP contribution is -2.35. The molecular formula is C22H29N3O3. The van der Waals surface area contributed by atoms with E-state index in [1.807, 2.05) is 24.3 Å². The molecule has 1 saturated heterocycles. The largest absolute Gasteiger partial charge is 0.497 e. The third-order valence-electron chi connectivity index (χ3n) is 5.85. The van der Waals surface area contributed by atoms with E-state index in [1.54, 1.807) is 7.11 Å². The molecule has 2 aromatic rings. The van der Waals surface area contributed by atoms with Crippen molar-refractivity contribution in [2.75, 3.05) is 25.1 Å². The molecule has 1 aliphatic carbocycles. The van der Waals surface area contributed by atoms with E-state index in [2.05, 4.69) is 15.4 Å². The summed E-state index contributed by atoms with van der Waals surface area (Å²) in [5.74, 6) is 1.92. The number of anilines is 1. The lowest BCUT2D eigenvalue weighted by atomic mass is 10.1. The van der Waals surface area contributed by atoms with E-state index < -0.39 is 0 Å². The highest BCUT2D eigenvalue weighted by Crippen LogP contribution is 2.34. The highest BCUT2D eigenvalue weighted by Gasteiger charge is 2.30. The molecule has 2 aliphatic rings. The van der Waals surface area contributed by atoms with E-state index in [0.29, 0.717) is 17.1 Å². The molecule has 6 nitrogen and oxygen atoms in total. The molecule has 0 bridgehead atoms. The van der Waals surface area contributed by atoms with Gasteiger partial charge in [0, 0.05) is 24.7 Å². The summed E-state index contributed by atoms with van der Waals surface area (Å²) >= 11 is 0. The van der Waals surface area contributed by atoms with Gasteiger partial charge in [0.25, 0.3) is 5.91 Å². The molecule has 150 valence electrons. The van der Waals surface area contributed by atoms with Crippen LogP contribution in [0.3, 0.4) is 0 Å². The molecule has 28 heavy (non-hydrogen) atoms. The lowest BCUT2D eigenvalue weighted by Gasteiger charge is -2.19. The van der Waals surface area contributed by atoms with Gasteiger partial charge in [0.05, 0.1) is 7.11 Å². The van der Waals surface area contributed by atoms with E-state index in [0.717, 1.165) is 50.1 Å². The van der Waals surface area contributed by atoms with Gasteiger partial charge in [-0.3, -0.25) is 4.79 Å². The van der Waals surface area contributed by atoms with E-state index in [4.69, 9.17) is 9.26 Å². The van der Waals surface area contributed by atoms with Crippen molar-refractivity contribution < 1.29 is 14.1 Å². The summed E-state index contributed by atoms with van der Waals surface area (Å²) < 4.78 is 11.0. The normalized spacial score (nSPS) is 18.1. The number of methoxy groups -OCH3 is 1. The minimum Gasteiger partial charge on any atom is -0.497 e. The molecule has 1 N–H and O–H groups in total. The number of hydrogen-bond donors (Lipinski definition) is 1. The summed E-state index contributed by atoms with van der Waals surface area (Å²) in [6.45, 7) is 1.83. The zero-order chi connectivity index (χ0) is 19.3. The van der Waals surface area contributed by atoms with Gasteiger partial charge in [0.1, 0.15) is 11.3 Å². The Morgan fingerprint density at radius 3 is 2.39 bits per heavy atom. The third-order valence-corrected chi connectivity index (χ3v) is 5.85. The molecular weight excluding hydrogens is 354 g/mol. The number of hydrogen-bond acceptors (Lipinski definition) is 5. The van der Waals surface area contributed by atoms with Crippen molar-refractivity contribution in [1.82, 2.24) is 10.5 Å². The molecule has 0 unspecified atom stereocenters. The highest BCUT2D eigenvalue weighted by molar-refractivity contribution is 6.04. The predicted octanol–water partition coefficient (Wildman–Crippen LogP) is 4.40. The number of nitrogens with zero attached hydrogens (tertiary/aromatic N) is 2. The van der Waals surface area contributed by atoms with E-state index in [9.17, 15) is 4.79 Å². The number of carbonyl (C=O) groups is 1. The number of amides is 1. The van der Waals surface area contributed by atoms with Crippen LogP contribution < -0.4 is 15.0 Å². The van der Waals surface area contributed by atoms with Crippen molar-refractivity contribution in [3.8, 4) is 17.1 Å². The number of rotatable bonds is 5. The van der Waals surface area contributed by atoms with Crippen LogP contribution in [0.5, 0.6) is 5.75 Å². The first-order chi connectivity index (χ1) is 13.8. The first kappa shape index (κ1) is 18.8. The Morgan fingerprint density at radius 2 is 1.75 bits per heavy atom. The van der Waals surface area contributed by atoms with Crippen molar-refractivity contribution in [1.29, 1.82) is 0 Å². The van der Waals surface area contributed by atoms with Crippen LogP contribution in [-0.4, -0.2) is 37.3 Å². The third kappa shape index (κ3) is 4.01.